The second-order valence-electron chi connectivity index (χ2n) is 5.69. The standard InChI is InChI=1S/C17H27NO2S/c1-19-13-10-18-15-17(7-11-20-12-8-17)9-14-21-16-5-3-2-4-6-16/h2-6,18H,7-15H2,1H3. The number of methoxy groups -OCH3 is 1. The highest BCUT2D eigenvalue weighted by atomic mass is 32.2. The quantitative estimate of drug-likeness (QED) is 0.560. The average Bonchev–Trinajstić information content (AvgIpc) is 2.54. The van der Waals surface area contributed by atoms with Gasteiger partial charge in [-0.3, -0.25) is 0 Å². The van der Waals surface area contributed by atoms with Crippen LogP contribution >= 0.6 is 11.8 Å². The van der Waals surface area contributed by atoms with Crippen LogP contribution < -0.4 is 5.32 Å². The molecule has 4 heteroatoms. The lowest BCUT2D eigenvalue weighted by Gasteiger charge is -2.37. The van der Waals surface area contributed by atoms with Crippen molar-refractivity contribution in [3.63, 3.8) is 0 Å². The molecule has 118 valence electrons. The van der Waals surface area contributed by atoms with Crippen molar-refractivity contribution in [2.75, 3.05) is 45.8 Å². The summed E-state index contributed by atoms with van der Waals surface area (Å²) < 4.78 is 10.7. The third kappa shape index (κ3) is 5.99. The van der Waals surface area contributed by atoms with Gasteiger partial charge in [0, 0.05) is 38.3 Å². The van der Waals surface area contributed by atoms with Crippen LogP contribution in [0.3, 0.4) is 0 Å². The van der Waals surface area contributed by atoms with E-state index in [2.05, 4.69) is 35.6 Å². The Bertz CT molecular complexity index is 380. The van der Waals surface area contributed by atoms with Gasteiger partial charge in [-0.1, -0.05) is 18.2 Å². The molecule has 2 rings (SSSR count). The zero-order valence-electron chi connectivity index (χ0n) is 13.0. The Labute approximate surface area is 132 Å². The summed E-state index contributed by atoms with van der Waals surface area (Å²) in [5.41, 5.74) is 0.397. The van der Waals surface area contributed by atoms with Gasteiger partial charge in [0.1, 0.15) is 0 Å². The summed E-state index contributed by atoms with van der Waals surface area (Å²) in [5, 5.41) is 3.56. The molecule has 3 nitrogen and oxygen atoms in total. The molecule has 1 heterocycles. The molecule has 1 aliphatic heterocycles. The third-order valence-electron chi connectivity index (χ3n) is 4.18. The van der Waals surface area contributed by atoms with E-state index in [9.17, 15) is 0 Å². The summed E-state index contributed by atoms with van der Waals surface area (Å²) in [5.74, 6) is 1.18. The molecule has 1 aromatic rings. The van der Waals surface area contributed by atoms with E-state index in [1.54, 1.807) is 7.11 Å². The van der Waals surface area contributed by atoms with E-state index < -0.39 is 0 Å². The van der Waals surface area contributed by atoms with Gasteiger partial charge in [-0.15, -0.1) is 11.8 Å². The van der Waals surface area contributed by atoms with Gasteiger partial charge < -0.3 is 14.8 Å². The molecular weight excluding hydrogens is 282 g/mol. The fourth-order valence-corrected chi connectivity index (χ4v) is 3.87. The first-order valence-electron chi connectivity index (χ1n) is 7.80. The van der Waals surface area contributed by atoms with E-state index in [4.69, 9.17) is 9.47 Å². The molecule has 1 aliphatic rings. The number of nitrogens with one attached hydrogen (secondary N) is 1. The highest BCUT2D eigenvalue weighted by Gasteiger charge is 2.31. The summed E-state index contributed by atoms with van der Waals surface area (Å²) >= 11 is 1.96. The summed E-state index contributed by atoms with van der Waals surface area (Å²) in [4.78, 5) is 1.37. The number of rotatable bonds is 9. The smallest absolute Gasteiger partial charge is 0.0587 e. The predicted molar refractivity (Wildman–Crippen MR) is 89.0 cm³/mol. The van der Waals surface area contributed by atoms with Crippen molar-refractivity contribution in [3.05, 3.63) is 30.3 Å². The molecule has 0 aromatic heterocycles. The molecule has 1 aromatic carbocycles. The maximum Gasteiger partial charge on any atom is 0.0587 e. The topological polar surface area (TPSA) is 30.5 Å². The Balaban J connectivity index is 1.78. The molecule has 0 radical (unpaired) electrons. The molecule has 21 heavy (non-hydrogen) atoms. The van der Waals surface area contributed by atoms with Gasteiger partial charge in [0.05, 0.1) is 6.61 Å². The van der Waals surface area contributed by atoms with Crippen LogP contribution in [0.4, 0.5) is 0 Å². The second-order valence-corrected chi connectivity index (χ2v) is 6.86. The normalized spacial score (nSPS) is 17.8. The minimum absolute atomic E-state index is 0.397. The van der Waals surface area contributed by atoms with Gasteiger partial charge in [0.25, 0.3) is 0 Å². The van der Waals surface area contributed by atoms with Crippen LogP contribution in [0.5, 0.6) is 0 Å². The van der Waals surface area contributed by atoms with Crippen molar-refractivity contribution in [2.24, 2.45) is 5.41 Å². The molecule has 0 unspecified atom stereocenters. The van der Waals surface area contributed by atoms with Crippen molar-refractivity contribution in [2.45, 2.75) is 24.2 Å². The minimum Gasteiger partial charge on any atom is -0.383 e. The first kappa shape index (κ1) is 16.8. The van der Waals surface area contributed by atoms with Crippen LogP contribution in [0.15, 0.2) is 35.2 Å². The van der Waals surface area contributed by atoms with Crippen molar-refractivity contribution in [1.82, 2.24) is 5.32 Å². The second kappa shape index (κ2) is 9.46. The SMILES string of the molecule is COCCNCC1(CCSc2ccccc2)CCOCC1. The zero-order chi connectivity index (χ0) is 14.8. The van der Waals surface area contributed by atoms with Gasteiger partial charge in [0.15, 0.2) is 0 Å². The van der Waals surface area contributed by atoms with Crippen molar-refractivity contribution >= 4 is 11.8 Å². The summed E-state index contributed by atoms with van der Waals surface area (Å²) in [6, 6.07) is 10.7. The third-order valence-corrected chi connectivity index (χ3v) is 5.19. The van der Waals surface area contributed by atoms with E-state index in [1.165, 1.54) is 29.9 Å². The summed E-state index contributed by atoms with van der Waals surface area (Å²) in [6.45, 7) is 4.61. The van der Waals surface area contributed by atoms with Gasteiger partial charge >= 0.3 is 0 Å². The Morgan fingerprint density at radius 1 is 1.24 bits per heavy atom. The number of ether oxygens (including phenoxy) is 2. The molecule has 1 fully saturated rings. The van der Waals surface area contributed by atoms with Gasteiger partial charge in [0.2, 0.25) is 0 Å². The minimum atomic E-state index is 0.397. The molecule has 1 N–H and O–H groups in total. The number of hydrogen-bond donors (Lipinski definition) is 1. The molecule has 0 aliphatic carbocycles. The molecule has 1 saturated heterocycles. The Kier molecular flexibility index (Phi) is 7.58. The average molecular weight is 309 g/mol. The number of hydrogen-bond acceptors (Lipinski definition) is 4. The Hall–Kier alpha value is -0.550. The Morgan fingerprint density at radius 2 is 2.00 bits per heavy atom. The lowest BCUT2D eigenvalue weighted by molar-refractivity contribution is 0.0128. The van der Waals surface area contributed by atoms with Crippen LogP contribution in [0.2, 0.25) is 0 Å². The van der Waals surface area contributed by atoms with Crippen LogP contribution in [0, 0.1) is 5.41 Å². The van der Waals surface area contributed by atoms with E-state index >= 15 is 0 Å². The van der Waals surface area contributed by atoms with E-state index in [0.717, 1.165) is 32.9 Å². The Morgan fingerprint density at radius 3 is 2.71 bits per heavy atom. The van der Waals surface area contributed by atoms with Gasteiger partial charge in [-0.2, -0.15) is 0 Å². The number of benzene rings is 1. The molecule has 0 atom stereocenters. The van der Waals surface area contributed by atoms with Crippen LogP contribution in [-0.4, -0.2) is 45.8 Å². The van der Waals surface area contributed by atoms with Crippen molar-refractivity contribution < 1.29 is 9.47 Å². The van der Waals surface area contributed by atoms with Crippen LogP contribution in [0.1, 0.15) is 19.3 Å². The highest BCUT2D eigenvalue weighted by molar-refractivity contribution is 7.99. The maximum absolute atomic E-state index is 5.56. The fraction of sp³-hybridized carbons (Fsp3) is 0.647. The van der Waals surface area contributed by atoms with E-state index in [-0.39, 0.29) is 0 Å². The van der Waals surface area contributed by atoms with Gasteiger partial charge in [-0.05, 0) is 42.6 Å². The van der Waals surface area contributed by atoms with E-state index in [0.29, 0.717) is 5.41 Å². The zero-order valence-corrected chi connectivity index (χ0v) is 13.8. The highest BCUT2D eigenvalue weighted by Crippen LogP contribution is 2.35. The first-order valence-corrected chi connectivity index (χ1v) is 8.78. The summed E-state index contributed by atoms with van der Waals surface area (Å²) in [7, 11) is 1.75. The molecule has 0 saturated carbocycles. The lowest BCUT2D eigenvalue weighted by atomic mass is 9.78. The molecular formula is C17H27NO2S. The number of thioether (sulfide) groups is 1. The fourth-order valence-electron chi connectivity index (χ4n) is 2.75. The lowest BCUT2D eigenvalue weighted by Crippen LogP contribution is -2.40. The molecule has 0 bridgehead atoms. The maximum atomic E-state index is 5.56. The largest absolute Gasteiger partial charge is 0.383 e. The monoisotopic (exact) mass is 309 g/mol. The van der Waals surface area contributed by atoms with E-state index in [1.807, 2.05) is 11.8 Å². The predicted octanol–water partition coefficient (Wildman–Crippen LogP) is 3.20. The van der Waals surface area contributed by atoms with Crippen molar-refractivity contribution in [3.8, 4) is 0 Å². The van der Waals surface area contributed by atoms with Crippen LogP contribution in [-0.2, 0) is 9.47 Å². The van der Waals surface area contributed by atoms with Crippen LogP contribution in [0.25, 0.3) is 0 Å². The first-order chi connectivity index (χ1) is 10.3. The van der Waals surface area contributed by atoms with Crippen molar-refractivity contribution in [1.29, 1.82) is 0 Å². The molecule has 0 amide bonds. The summed E-state index contributed by atoms with van der Waals surface area (Å²) in [6.07, 6.45) is 3.58. The molecule has 0 spiro atoms. The van der Waals surface area contributed by atoms with Gasteiger partial charge in [-0.25, -0.2) is 0 Å².